The molecule has 2 N–H and O–H groups in total. The molecule has 1 fully saturated rings. The molecular weight excluding hydrogens is 348 g/mol. The number of aryl methyl sites for hydroxylation is 1. The van der Waals surface area contributed by atoms with Gasteiger partial charge in [-0.05, 0) is 31.9 Å². The van der Waals surface area contributed by atoms with Crippen LogP contribution in [0.25, 0.3) is 5.69 Å². The fourth-order valence-electron chi connectivity index (χ4n) is 2.92. The first-order valence-electron chi connectivity index (χ1n) is 8.80. The van der Waals surface area contributed by atoms with Crippen molar-refractivity contribution < 1.29 is 14.1 Å². The van der Waals surface area contributed by atoms with Crippen molar-refractivity contribution in [3.05, 3.63) is 53.8 Å². The number of carbonyl (C=O) groups is 1. The summed E-state index contributed by atoms with van der Waals surface area (Å²) in [5.74, 6) is 1.44. The zero-order valence-corrected chi connectivity index (χ0v) is 14.9. The lowest BCUT2D eigenvalue weighted by atomic mass is 10.2. The van der Waals surface area contributed by atoms with Gasteiger partial charge in [0.15, 0.2) is 5.82 Å². The van der Waals surface area contributed by atoms with Crippen molar-refractivity contribution in [2.24, 2.45) is 0 Å². The lowest BCUT2D eigenvalue weighted by molar-refractivity contribution is 0.0835. The predicted molar refractivity (Wildman–Crippen MR) is 96.4 cm³/mol. The fraction of sp³-hybridized carbons (Fsp3) is 0.333. The summed E-state index contributed by atoms with van der Waals surface area (Å²) < 4.78 is 12.4. The second kappa shape index (κ2) is 7.58. The number of hydrogen-bond acceptors (Lipinski definition) is 6. The van der Waals surface area contributed by atoms with Crippen LogP contribution in [0.3, 0.4) is 0 Å². The number of carbonyl (C=O) groups excluding carboxylic acids is 1. The summed E-state index contributed by atoms with van der Waals surface area (Å²) >= 11 is 0. The summed E-state index contributed by atoms with van der Waals surface area (Å²) in [5.41, 5.74) is 1.66. The zero-order chi connectivity index (χ0) is 18.6. The van der Waals surface area contributed by atoms with E-state index in [1.54, 1.807) is 10.7 Å². The van der Waals surface area contributed by atoms with Gasteiger partial charge in [0.1, 0.15) is 11.9 Å². The molecule has 0 spiro atoms. The molecule has 27 heavy (non-hydrogen) atoms. The molecule has 0 radical (unpaired) electrons. The molecule has 4 rings (SSSR count). The Morgan fingerprint density at radius 1 is 1.33 bits per heavy atom. The van der Waals surface area contributed by atoms with Crippen LogP contribution in [0.4, 0.5) is 10.6 Å². The summed E-state index contributed by atoms with van der Waals surface area (Å²) in [4.78, 5) is 16.5. The van der Waals surface area contributed by atoms with Gasteiger partial charge in [-0.15, -0.1) is 0 Å². The van der Waals surface area contributed by atoms with E-state index in [1.807, 2.05) is 37.3 Å². The molecule has 1 unspecified atom stereocenters. The number of benzene rings is 1. The third-order valence-electron chi connectivity index (χ3n) is 4.17. The number of hydrogen-bond donors (Lipinski definition) is 2. The number of nitrogens with one attached hydrogen (secondary N) is 2. The number of amides is 2. The molecule has 3 heterocycles. The maximum Gasteiger partial charge on any atom is 0.320 e. The van der Waals surface area contributed by atoms with Gasteiger partial charge in [0.2, 0.25) is 0 Å². The fourth-order valence-corrected chi connectivity index (χ4v) is 2.92. The van der Waals surface area contributed by atoms with E-state index >= 15 is 0 Å². The van der Waals surface area contributed by atoms with Gasteiger partial charge in [-0.1, -0.05) is 23.4 Å². The van der Waals surface area contributed by atoms with Crippen molar-refractivity contribution in [2.75, 3.05) is 11.9 Å². The highest BCUT2D eigenvalue weighted by molar-refractivity contribution is 5.88. The van der Waals surface area contributed by atoms with E-state index in [2.05, 4.69) is 25.9 Å². The third kappa shape index (κ3) is 3.98. The van der Waals surface area contributed by atoms with Crippen LogP contribution in [0.5, 0.6) is 0 Å². The molecule has 140 valence electrons. The van der Waals surface area contributed by atoms with Crippen LogP contribution < -0.4 is 10.6 Å². The molecule has 0 aliphatic carbocycles. The summed E-state index contributed by atoms with van der Waals surface area (Å²) in [5, 5.41) is 13.8. The second-order valence-corrected chi connectivity index (χ2v) is 6.28. The molecule has 1 aliphatic rings. The summed E-state index contributed by atoms with van der Waals surface area (Å²) in [6.45, 7) is 2.73. The molecule has 1 saturated heterocycles. The summed E-state index contributed by atoms with van der Waals surface area (Å²) in [6.07, 6.45) is 1.72. The van der Waals surface area contributed by atoms with Crippen LogP contribution in [-0.4, -0.2) is 32.6 Å². The van der Waals surface area contributed by atoms with Gasteiger partial charge in [0.25, 0.3) is 5.89 Å². The average molecular weight is 368 g/mol. The molecular formula is C18H20N6O3. The Hall–Kier alpha value is -3.20. The SMILES string of the molecule is Cc1cc(NC(=O)NCc2noc(C3CCCO3)n2)n(-c2ccccc2)n1. The maximum absolute atomic E-state index is 12.3. The Morgan fingerprint density at radius 3 is 2.96 bits per heavy atom. The lowest BCUT2D eigenvalue weighted by Crippen LogP contribution is -2.29. The first kappa shape index (κ1) is 17.2. The largest absolute Gasteiger partial charge is 0.368 e. The molecule has 0 bridgehead atoms. The average Bonchev–Trinajstić information content (AvgIpc) is 3.41. The van der Waals surface area contributed by atoms with Gasteiger partial charge < -0.3 is 14.6 Å². The first-order chi connectivity index (χ1) is 13.2. The number of nitrogens with zero attached hydrogens (tertiary/aromatic N) is 4. The van der Waals surface area contributed by atoms with Crippen LogP contribution in [0.2, 0.25) is 0 Å². The number of anilines is 1. The van der Waals surface area contributed by atoms with Gasteiger partial charge in [-0.3, -0.25) is 5.32 Å². The van der Waals surface area contributed by atoms with Crippen LogP contribution in [0, 0.1) is 6.92 Å². The standard InChI is InChI=1S/C18H20N6O3/c1-12-10-16(24(22-12)13-6-3-2-4-7-13)21-18(25)19-11-15-20-17(27-23-15)14-8-5-9-26-14/h2-4,6-7,10,14H,5,8-9,11H2,1H3,(H2,19,21,25). The first-order valence-corrected chi connectivity index (χ1v) is 8.80. The molecule has 2 amide bonds. The van der Waals surface area contributed by atoms with E-state index in [0.29, 0.717) is 24.1 Å². The van der Waals surface area contributed by atoms with E-state index in [9.17, 15) is 4.79 Å². The highest BCUT2D eigenvalue weighted by Crippen LogP contribution is 2.26. The summed E-state index contributed by atoms with van der Waals surface area (Å²) in [6, 6.07) is 11.0. The number of rotatable bonds is 5. The highest BCUT2D eigenvalue weighted by atomic mass is 16.5. The number of aromatic nitrogens is 4. The number of urea groups is 1. The predicted octanol–water partition coefficient (Wildman–Crippen LogP) is 2.74. The molecule has 0 saturated carbocycles. The zero-order valence-electron chi connectivity index (χ0n) is 14.9. The van der Waals surface area contributed by atoms with E-state index < -0.39 is 0 Å². The van der Waals surface area contributed by atoms with Gasteiger partial charge in [0.05, 0.1) is 17.9 Å². The Bertz CT molecular complexity index is 914. The normalized spacial score (nSPS) is 16.4. The minimum atomic E-state index is -0.379. The third-order valence-corrected chi connectivity index (χ3v) is 4.17. The Labute approximate surface area is 155 Å². The van der Waals surface area contributed by atoms with E-state index in [0.717, 1.165) is 24.2 Å². The second-order valence-electron chi connectivity index (χ2n) is 6.28. The van der Waals surface area contributed by atoms with Crippen LogP contribution in [0.15, 0.2) is 40.9 Å². The highest BCUT2D eigenvalue weighted by Gasteiger charge is 2.23. The molecule has 9 nitrogen and oxygen atoms in total. The van der Waals surface area contributed by atoms with Crippen LogP contribution >= 0.6 is 0 Å². The van der Waals surface area contributed by atoms with Gasteiger partial charge in [-0.25, -0.2) is 9.48 Å². The van der Waals surface area contributed by atoms with Crippen molar-refractivity contribution in [3.63, 3.8) is 0 Å². The minimum Gasteiger partial charge on any atom is -0.368 e. The lowest BCUT2D eigenvalue weighted by Gasteiger charge is -2.09. The van der Waals surface area contributed by atoms with Crippen molar-refractivity contribution in [3.8, 4) is 5.69 Å². The van der Waals surface area contributed by atoms with Gasteiger partial charge in [-0.2, -0.15) is 10.1 Å². The van der Waals surface area contributed by atoms with Crippen LogP contribution in [-0.2, 0) is 11.3 Å². The smallest absolute Gasteiger partial charge is 0.320 e. The Morgan fingerprint density at radius 2 is 2.19 bits per heavy atom. The molecule has 2 aromatic heterocycles. The van der Waals surface area contributed by atoms with Crippen molar-refractivity contribution in [2.45, 2.75) is 32.4 Å². The van der Waals surface area contributed by atoms with E-state index in [4.69, 9.17) is 9.26 Å². The molecule has 3 aromatic rings. The molecule has 1 aromatic carbocycles. The maximum atomic E-state index is 12.3. The number of para-hydroxylation sites is 1. The van der Waals surface area contributed by atoms with E-state index in [-0.39, 0.29) is 18.7 Å². The summed E-state index contributed by atoms with van der Waals surface area (Å²) in [7, 11) is 0. The van der Waals surface area contributed by atoms with Crippen molar-refractivity contribution >= 4 is 11.8 Å². The van der Waals surface area contributed by atoms with Crippen molar-refractivity contribution in [1.29, 1.82) is 0 Å². The minimum absolute atomic E-state index is 0.136. The molecule has 9 heteroatoms. The van der Waals surface area contributed by atoms with Crippen LogP contribution in [0.1, 0.15) is 36.4 Å². The Balaban J connectivity index is 1.37. The number of ether oxygens (including phenoxy) is 1. The van der Waals surface area contributed by atoms with E-state index in [1.165, 1.54) is 0 Å². The molecule has 1 atom stereocenters. The van der Waals surface area contributed by atoms with Gasteiger partial charge >= 0.3 is 6.03 Å². The quantitative estimate of drug-likeness (QED) is 0.717. The monoisotopic (exact) mass is 368 g/mol. The van der Waals surface area contributed by atoms with Crippen molar-refractivity contribution in [1.82, 2.24) is 25.2 Å². The molecule has 1 aliphatic heterocycles. The Kier molecular flexibility index (Phi) is 4.84. The topological polar surface area (TPSA) is 107 Å². The van der Waals surface area contributed by atoms with Gasteiger partial charge in [0, 0.05) is 12.7 Å².